The Hall–Kier alpha value is -1.67. The highest BCUT2D eigenvalue weighted by molar-refractivity contribution is 7.86. The predicted octanol–water partition coefficient (Wildman–Crippen LogP) is 0.852. The van der Waals surface area contributed by atoms with Gasteiger partial charge in [0.05, 0.1) is 12.7 Å². The van der Waals surface area contributed by atoms with Crippen molar-refractivity contribution in [2.24, 2.45) is 0 Å². The molecule has 7 heteroatoms. The molecule has 0 heterocycles. The fourth-order valence-electron chi connectivity index (χ4n) is 1.94. The van der Waals surface area contributed by atoms with Crippen molar-refractivity contribution in [3.05, 3.63) is 36.4 Å². The van der Waals surface area contributed by atoms with Crippen molar-refractivity contribution in [3.8, 4) is 0 Å². The van der Waals surface area contributed by atoms with E-state index >= 15 is 0 Å². The number of rotatable bonds is 5. The molecule has 0 radical (unpaired) electrons. The summed E-state index contributed by atoms with van der Waals surface area (Å²) in [5, 5.41) is 22.0. The van der Waals surface area contributed by atoms with Crippen molar-refractivity contribution < 1.29 is 23.2 Å². The molecule has 2 aromatic carbocycles. The van der Waals surface area contributed by atoms with Crippen LogP contribution in [-0.4, -0.2) is 42.4 Å². The Morgan fingerprint density at radius 1 is 1.10 bits per heavy atom. The van der Waals surface area contributed by atoms with Gasteiger partial charge in [0.1, 0.15) is 4.90 Å². The first-order chi connectivity index (χ1) is 9.43. The second-order valence-electron chi connectivity index (χ2n) is 4.35. The van der Waals surface area contributed by atoms with Gasteiger partial charge in [-0.05, 0) is 12.1 Å². The largest absolute Gasteiger partial charge is 0.394 e. The second-order valence-corrected chi connectivity index (χ2v) is 5.74. The van der Waals surface area contributed by atoms with Crippen LogP contribution in [0.2, 0.25) is 0 Å². The molecule has 2 aromatic rings. The molecule has 0 spiro atoms. The van der Waals surface area contributed by atoms with Gasteiger partial charge >= 0.3 is 0 Å². The molecule has 6 nitrogen and oxygen atoms in total. The van der Waals surface area contributed by atoms with Gasteiger partial charge in [0.15, 0.2) is 0 Å². The first-order valence-corrected chi connectivity index (χ1v) is 7.39. The Morgan fingerprint density at radius 3 is 2.35 bits per heavy atom. The molecule has 1 atom stereocenters. The van der Waals surface area contributed by atoms with E-state index in [0.717, 1.165) is 0 Å². The summed E-state index contributed by atoms with van der Waals surface area (Å²) in [4.78, 5) is -0.165. The third-order valence-electron chi connectivity index (χ3n) is 2.90. The summed E-state index contributed by atoms with van der Waals surface area (Å²) in [7, 11) is -4.30. The molecular formula is C13H15NO5S. The van der Waals surface area contributed by atoms with E-state index in [1.54, 1.807) is 24.3 Å². The highest BCUT2D eigenvalue weighted by Crippen LogP contribution is 2.29. The molecular weight excluding hydrogens is 282 g/mol. The minimum absolute atomic E-state index is 0.131. The van der Waals surface area contributed by atoms with Crippen molar-refractivity contribution in [3.63, 3.8) is 0 Å². The van der Waals surface area contributed by atoms with Crippen LogP contribution in [0.1, 0.15) is 0 Å². The van der Waals surface area contributed by atoms with Crippen molar-refractivity contribution in [1.29, 1.82) is 0 Å². The minimum Gasteiger partial charge on any atom is -0.394 e. The summed E-state index contributed by atoms with van der Waals surface area (Å²) in [6, 6.07) is 9.51. The first-order valence-electron chi connectivity index (χ1n) is 5.95. The van der Waals surface area contributed by atoms with Crippen LogP contribution in [-0.2, 0) is 10.1 Å². The quantitative estimate of drug-likeness (QED) is 0.610. The van der Waals surface area contributed by atoms with Gasteiger partial charge in [0.2, 0.25) is 0 Å². The molecule has 0 aliphatic rings. The maximum Gasteiger partial charge on any atom is 0.295 e. The molecule has 108 valence electrons. The lowest BCUT2D eigenvalue weighted by Crippen LogP contribution is -2.23. The molecule has 0 saturated heterocycles. The number of hydrogen-bond donors (Lipinski definition) is 4. The summed E-state index contributed by atoms with van der Waals surface area (Å²) in [6.07, 6.45) is -0.907. The Bertz CT molecular complexity index is 714. The predicted molar refractivity (Wildman–Crippen MR) is 75.3 cm³/mol. The van der Waals surface area contributed by atoms with Crippen LogP contribution in [0.15, 0.2) is 41.3 Å². The standard InChI is InChI=1S/C13H15NO5S/c15-8-9(16)7-14-12-5-6-13(20(17,18)19)11-4-2-1-3-10(11)12/h1-6,9,14-16H,7-8H2,(H,17,18,19). The topological polar surface area (TPSA) is 107 Å². The molecule has 0 amide bonds. The van der Waals surface area contributed by atoms with Crippen LogP contribution in [0.4, 0.5) is 5.69 Å². The van der Waals surface area contributed by atoms with Crippen molar-refractivity contribution in [1.82, 2.24) is 0 Å². The molecule has 2 rings (SSSR count). The van der Waals surface area contributed by atoms with E-state index in [0.29, 0.717) is 16.5 Å². The fourth-order valence-corrected chi connectivity index (χ4v) is 2.64. The molecule has 0 fully saturated rings. The highest BCUT2D eigenvalue weighted by Gasteiger charge is 2.15. The first kappa shape index (κ1) is 14.7. The lowest BCUT2D eigenvalue weighted by atomic mass is 10.1. The lowest BCUT2D eigenvalue weighted by molar-refractivity contribution is 0.105. The maximum atomic E-state index is 11.3. The summed E-state index contributed by atoms with van der Waals surface area (Å²) in [5.41, 5.74) is 0.612. The van der Waals surface area contributed by atoms with E-state index in [-0.39, 0.29) is 18.0 Å². The summed E-state index contributed by atoms with van der Waals surface area (Å²) in [6.45, 7) is -0.236. The van der Waals surface area contributed by atoms with Gasteiger partial charge in [0, 0.05) is 23.0 Å². The number of fused-ring (bicyclic) bond motifs is 1. The van der Waals surface area contributed by atoms with Crippen molar-refractivity contribution >= 4 is 26.6 Å². The molecule has 0 bridgehead atoms. The number of benzene rings is 2. The number of nitrogens with one attached hydrogen (secondary N) is 1. The number of hydrogen-bond acceptors (Lipinski definition) is 5. The van der Waals surface area contributed by atoms with E-state index in [1.807, 2.05) is 0 Å². The van der Waals surface area contributed by atoms with Crippen LogP contribution in [0.5, 0.6) is 0 Å². The normalized spacial score (nSPS) is 13.3. The van der Waals surface area contributed by atoms with Gasteiger partial charge in [-0.2, -0.15) is 8.42 Å². The third-order valence-corrected chi connectivity index (χ3v) is 3.81. The SMILES string of the molecule is O=S(=O)(O)c1ccc(NCC(O)CO)c2ccccc12. The zero-order valence-corrected chi connectivity index (χ0v) is 11.3. The van der Waals surface area contributed by atoms with Gasteiger partial charge < -0.3 is 15.5 Å². The highest BCUT2D eigenvalue weighted by atomic mass is 32.2. The van der Waals surface area contributed by atoms with Gasteiger partial charge in [-0.1, -0.05) is 24.3 Å². The van der Waals surface area contributed by atoms with Gasteiger partial charge in [-0.15, -0.1) is 0 Å². The third kappa shape index (κ3) is 3.07. The number of anilines is 1. The molecule has 0 aliphatic heterocycles. The van der Waals surface area contributed by atoms with Crippen LogP contribution >= 0.6 is 0 Å². The van der Waals surface area contributed by atoms with E-state index in [9.17, 15) is 18.1 Å². The van der Waals surface area contributed by atoms with Crippen LogP contribution in [0.3, 0.4) is 0 Å². The molecule has 0 aromatic heterocycles. The summed E-state index contributed by atoms with van der Waals surface area (Å²) in [5.74, 6) is 0. The van der Waals surface area contributed by atoms with Crippen LogP contribution in [0.25, 0.3) is 10.8 Å². The van der Waals surface area contributed by atoms with Crippen LogP contribution < -0.4 is 5.32 Å². The van der Waals surface area contributed by atoms with Crippen LogP contribution in [0, 0.1) is 0 Å². The smallest absolute Gasteiger partial charge is 0.295 e. The van der Waals surface area contributed by atoms with E-state index in [1.165, 1.54) is 12.1 Å². The summed E-state index contributed by atoms with van der Waals surface area (Å²) < 4.78 is 31.9. The minimum atomic E-state index is -4.30. The zero-order chi connectivity index (χ0) is 14.8. The second kappa shape index (κ2) is 5.76. The Morgan fingerprint density at radius 2 is 1.75 bits per heavy atom. The van der Waals surface area contributed by atoms with E-state index in [2.05, 4.69) is 5.32 Å². The summed E-state index contributed by atoms with van der Waals surface area (Å²) >= 11 is 0. The monoisotopic (exact) mass is 297 g/mol. The average molecular weight is 297 g/mol. The molecule has 0 aliphatic carbocycles. The zero-order valence-electron chi connectivity index (χ0n) is 10.5. The molecule has 0 saturated carbocycles. The molecule has 20 heavy (non-hydrogen) atoms. The lowest BCUT2D eigenvalue weighted by Gasteiger charge is -2.14. The Labute approximate surface area is 116 Å². The number of aliphatic hydroxyl groups is 2. The van der Waals surface area contributed by atoms with Crippen molar-refractivity contribution in [2.45, 2.75) is 11.0 Å². The Kier molecular flexibility index (Phi) is 4.24. The van der Waals surface area contributed by atoms with Crippen molar-refractivity contribution in [2.75, 3.05) is 18.5 Å². The Balaban J connectivity index is 2.49. The van der Waals surface area contributed by atoms with Gasteiger partial charge in [-0.25, -0.2) is 0 Å². The number of aliphatic hydroxyl groups excluding tert-OH is 2. The van der Waals surface area contributed by atoms with Gasteiger partial charge in [0.25, 0.3) is 10.1 Å². The molecule has 4 N–H and O–H groups in total. The average Bonchev–Trinajstić information content (AvgIpc) is 2.43. The van der Waals surface area contributed by atoms with E-state index in [4.69, 9.17) is 5.11 Å². The maximum absolute atomic E-state index is 11.3. The fraction of sp³-hybridized carbons (Fsp3) is 0.231. The molecule has 1 unspecified atom stereocenters. The van der Waals surface area contributed by atoms with E-state index < -0.39 is 16.2 Å². The van der Waals surface area contributed by atoms with Gasteiger partial charge in [-0.3, -0.25) is 4.55 Å².